The lowest BCUT2D eigenvalue weighted by atomic mass is 10.1. The molecule has 1 atom stereocenters. The molecule has 22 heavy (non-hydrogen) atoms. The fourth-order valence-electron chi connectivity index (χ4n) is 1.76. The van der Waals surface area contributed by atoms with Crippen LogP contribution in [0.3, 0.4) is 0 Å². The number of nitro groups is 1. The van der Waals surface area contributed by atoms with Crippen LogP contribution in [0, 0.1) is 10.1 Å². The molecule has 0 aromatic heterocycles. The zero-order valence-corrected chi connectivity index (χ0v) is 13.3. The molecular weight excluding hydrogens is 284 g/mol. The Balaban J connectivity index is 2.78. The van der Waals surface area contributed by atoms with Crippen LogP contribution >= 0.6 is 0 Å². The first kappa shape index (κ1) is 17.7. The minimum Gasteiger partial charge on any atom is -0.444 e. The van der Waals surface area contributed by atoms with Crippen LogP contribution in [-0.2, 0) is 4.74 Å². The van der Waals surface area contributed by atoms with Gasteiger partial charge in [0.15, 0.2) is 0 Å². The van der Waals surface area contributed by atoms with E-state index in [1.54, 1.807) is 51.1 Å². The summed E-state index contributed by atoms with van der Waals surface area (Å²) in [4.78, 5) is 22.3. The SMILES string of the molecule is CC[C@H](C=Cc1ccccc1[N+](=O)[O-])NC(=O)OC(C)(C)C. The summed E-state index contributed by atoms with van der Waals surface area (Å²) in [6, 6.07) is 6.20. The summed E-state index contributed by atoms with van der Waals surface area (Å²) in [5.74, 6) is 0. The number of carbonyl (C=O) groups excluding carboxylic acids is 1. The van der Waals surface area contributed by atoms with E-state index in [2.05, 4.69) is 5.32 Å². The van der Waals surface area contributed by atoms with Crippen LogP contribution in [0.4, 0.5) is 10.5 Å². The molecule has 1 rings (SSSR count). The highest BCUT2D eigenvalue weighted by atomic mass is 16.6. The van der Waals surface area contributed by atoms with E-state index >= 15 is 0 Å². The molecule has 1 aromatic carbocycles. The third-order valence-corrected chi connectivity index (χ3v) is 2.78. The van der Waals surface area contributed by atoms with Gasteiger partial charge in [-0.2, -0.15) is 0 Å². The van der Waals surface area contributed by atoms with Gasteiger partial charge in [-0.1, -0.05) is 31.2 Å². The smallest absolute Gasteiger partial charge is 0.408 e. The zero-order valence-electron chi connectivity index (χ0n) is 13.3. The Kier molecular flexibility index (Phi) is 6.10. The maximum absolute atomic E-state index is 11.7. The van der Waals surface area contributed by atoms with E-state index in [0.717, 1.165) is 0 Å². The monoisotopic (exact) mass is 306 g/mol. The van der Waals surface area contributed by atoms with Crippen molar-refractivity contribution in [2.45, 2.75) is 45.8 Å². The van der Waals surface area contributed by atoms with Gasteiger partial charge in [-0.3, -0.25) is 10.1 Å². The average Bonchev–Trinajstić information content (AvgIpc) is 2.41. The van der Waals surface area contributed by atoms with Crippen molar-refractivity contribution < 1.29 is 14.5 Å². The van der Waals surface area contributed by atoms with Crippen molar-refractivity contribution in [2.24, 2.45) is 0 Å². The Morgan fingerprint density at radius 1 is 1.41 bits per heavy atom. The number of nitrogens with one attached hydrogen (secondary N) is 1. The first-order valence-corrected chi connectivity index (χ1v) is 7.14. The number of rotatable bonds is 5. The number of benzene rings is 1. The highest BCUT2D eigenvalue weighted by molar-refractivity contribution is 5.69. The Bertz CT molecular complexity index is 562. The fourth-order valence-corrected chi connectivity index (χ4v) is 1.76. The van der Waals surface area contributed by atoms with Gasteiger partial charge in [-0.05, 0) is 33.3 Å². The minimum atomic E-state index is -0.565. The third kappa shape index (κ3) is 5.95. The van der Waals surface area contributed by atoms with E-state index in [1.807, 2.05) is 6.92 Å². The van der Waals surface area contributed by atoms with Gasteiger partial charge >= 0.3 is 6.09 Å². The molecule has 0 saturated carbocycles. The second-order valence-corrected chi connectivity index (χ2v) is 5.84. The molecule has 1 N–H and O–H groups in total. The largest absolute Gasteiger partial charge is 0.444 e. The quantitative estimate of drug-likeness (QED) is 0.660. The van der Waals surface area contributed by atoms with Crippen LogP contribution < -0.4 is 5.32 Å². The van der Waals surface area contributed by atoms with Gasteiger partial charge in [0.05, 0.1) is 16.5 Å². The number of ether oxygens (including phenoxy) is 1. The van der Waals surface area contributed by atoms with Crippen LogP contribution in [0.5, 0.6) is 0 Å². The lowest BCUT2D eigenvalue weighted by Gasteiger charge is -2.21. The predicted octanol–water partition coefficient (Wildman–Crippen LogP) is 3.91. The third-order valence-electron chi connectivity index (χ3n) is 2.78. The van der Waals surface area contributed by atoms with E-state index in [9.17, 15) is 14.9 Å². The standard InChI is InChI=1S/C16H22N2O4/c1-5-13(17-15(19)22-16(2,3)4)11-10-12-8-6-7-9-14(12)18(20)21/h6-11,13H,5H2,1-4H3,(H,17,19)/t13-/m1/s1. The number of nitro benzene ring substituents is 1. The number of hydrogen-bond donors (Lipinski definition) is 1. The molecule has 0 saturated heterocycles. The fraction of sp³-hybridized carbons (Fsp3) is 0.438. The molecule has 1 amide bonds. The van der Waals surface area contributed by atoms with Crippen LogP contribution in [0.1, 0.15) is 39.7 Å². The summed E-state index contributed by atoms with van der Waals surface area (Å²) in [5.41, 5.74) is -0.0348. The van der Waals surface area contributed by atoms with Crippen molar-refractivity contribution in [1.82, 2.24) is 5.32 Å². The van der Waals surface area contributed by atoms with Gasteiger partial charge in [0, 0.05) is 6.07 Å². The first-order valence-electron chi connectivity index (χ1n) is 7.14. The van der Waals surface area contributed by atoms with Crippen LogP contribution in [0.25, 0.3) is 6.08 Å². The normalized spacial score (nSPS) is 12.9. The molecule has 120 valence electrons. The Morgan fingerprint density at radius 2 is 2.05 bits per heavy atom. The first-order chi connectivity index (χ1) is 10.2. The molecule has 6 heteroatoms. The Labute approximate surface area is 130 Å². The summed E-state index contributed by atoms with van der Waals surface area (Å²) in [6.45, 7) is 7.27. The number of alkyl carbamates (subject to hydrolysis) is 1. The summed E-state index contributed by atoms with van der Waals surface area (Å²) >= 11 is 0. The van der Waals surface area contributed by atoms with Crippen molar-refractivity contribution in [1.29, 1.82) is 0 Å². The molecule has 0 spiro atoms. The Morgan fingerprint density at radius 3 is 2.59 bits per heavy atom. The van der Waals surface area contributed by atoms with E-state index < -0.39 is 16.6 Å². The number of para-hydroxylation sites is 1. The predicted molar refractivity (Wildman–Crippen MR) is 85.6 cm³/mol. The van der Waals surface area contributed by atoms with Gasteiger partial charge in [-0.25, -0.2) is 4.79 Å². The van der Waals surface area contributed by atoms with Crippen LogP contribution in [-0.4, -0.2) is 22.7 Å². The molecule has 0 fully saturated rings. The zero-order chi connectivity index (χ0) is 16.8. The lowest BCUT2D eigenvalue weighted by molar-refractivity contribution is -0.385. The number of carbonyl (C=O) groups is 1. The maximum Gasteiger partial charge on any atom is 0.408 e. The average molecular weight is 306 g/mol. The van der Waals surface area contributed by atoms with E-state index in [-0.39, 0.29) is 11.7 Å². The van der Waals surface area contributed by atoms with Gasteiger partial charge < -0.3 is 10.1 Å². The number of hydrogen-bond acceptors (Lipinski definition) is 4. The van der Waals surface area contributed by atoms with Crippen molar-refractivity contribution in [3.8, 4) is 0 Å². The van der Waals surface area contributed by atoms with Gasteiger partial charge in [0.1, 0.15) is 5.60 Å². The van der Waals surface area contributed by atoms with Gasteiger partial charge in [0.25, 0.3) is 5.69 Å². The second-order valence-electron chi connectivity index (χ2n) is 5.84. The molecule has 0 unspecified atom stereocenters. The van der Waals surface area contributed by atoms with E-state index in [4.69, 9.17) is 4.74 Å². The van der Waals surface area contributed by atoms with Crippen LogP contribution in [0.2, 0.25) is 0 Å². The molecule has 0 aliphatic rings. The van der Waals surface area contributed by atoms with E-state index in [0.29, 0.717) is 12.0 Å². The molecule has 0 radical (unpaired) electrons. The molecular formula is C16H22N2O4. The Hall–Kier alpha value is -2.37. The molecule has 0 aliphatic heterocycles. The molecule has 1 aromatic rings. The lowest BCUT2D eigenvalue weighted by Crippen LogP contribution is -2.37. The summed E-state index contributed by atoms with van der Waals surface area (Å²) in [7, 11) is 0. The summed E-state index contributed by atoms with van der Waals surface area (Å²) in [5, 5.41) is 13.7. The van der Waals surface area contributed by atoms with Gasteiger partial charge in [-0.15, -0.1) is 0 Å². The summed E-state index contributed by atoms with van der Waals surface area (Å²) < 4.78 is 5.19. The summed E-state index contributed by atoms with van der Waals surface area (Å²) in [6.07, 6.45) is 3.51. The van der Waals surface area contributed by atoms with Crippen molar-refractivity contribution >= 4 is 17.9 Å². The van der Waals surface area contributed by atoms with Crippen molar-refractivity contribution in [3.05, 3.63) is 46.0 Å². The highest BCUT2D eigenvalue weighted by Gasteiger charge is 2.18. The number of amides is 1. The highest BCUT2D eigenvalue weighted by Crippen LogP contribution is 2.19. The maximum atomic E-state index is 11.7. The minimum absolute atomic E-state index is 0.0332. The molecule has 0 aliphatic carbocycles. The van der Waals surface area contributed by atoms with Gasteiger partial charge in [0.2, 0.25) is 0 Å². The van der Waals surface area contributed by atoms with Crippen molar-refractivity contribution in [3.63, 3.8) is 0 Å². The molecule has 0 heterocycles. The number of nitrogens with zero attached hydrogens (tertiary/aromatic N) is 1. The van der Waals surface area contributed by atoms with E-state index in [1.165, 1.54) is 6.07 Å². The topological polar surface area (TPSA) is 81.5 Å². The second kappa shape index (κ2) is 7.59. The molecule has 0 bridgehead atoms. The van der Waals surface area contributed by atoms with Crippen LogP contribution in [0.15, 0.2) is 30.3 Å². The van der Waals surface area contributed by atoms with Crippen molar-refractivity contribution in [2.75, 3.05) is 0 Å². The molecule has 6 nitrogen and oxygen atoms in total.